The Balaban J connectivity index is 0.00000242. The zero-order valence-corrected chi connectivity index (χ0v) is 15.4. The lowest BCUT2D eigenvalue weighted by atomic mass is 10.2. The Morgan fingerprint density at radius 1 is 1.32 bits per heavy atom. The minimum atomic E-state index is -4.11. The van der Waals surface area contributed by atoms with Crippen molar-refractivity contribution in [2.24, 2.45) is 10.9 Å². The van der Waals surface area contributed by atoms with Crippen LogP contribution in [0.15, 0.2) is 4.99 Å². The van der Waals surface area contributed by atoms with Gasteiger partial charge in [0.1, 0.15) is 0 Å². The Morgan fingerprint density at radius 3 is 2.64 bits per heavy atom. The lowest BCUT2D eigenvalue weighted by Crippen LogP contribution is -2.46. The molecule has 1 heterocycles. The summed E-state index contributed by atoms with van der Waals surface area (Å²) in [6, 6.07) is 0.519. The van der Waals surface area contributed by atoms with Gasteiger partial charge in [0.2, 0.25) is 0 Å². The normalized spacial score (nSPS) is 29.1. The van der Waals surface area contributed by atoms with Gasteiger partial charge in [0, 0.05) is 32.2 Å². The van der Waals surface area contributed by atoms with E-state index in [0.717, 1.165) is 18.3 Å². The highest BCUT2D eigenvalue weighted by molar-refractivity contribution is 14.0. The zero-order chi connectivity index (χ0) is 15.5. The van der Waals surface area contributed by atoms with Crippen LogP contribution in [0.3, 0.4) is 0 Å². The van der Waals surface area contributed by atoms with Crippen molar-refractivity contribution in [1.29, 1.82) is 0 Å². The number of rotatable bonds is 5. The smallest absolute Gasteiger partial charge is 0.353 e. The largest absolute Gasteiger partial charge is 0.401 e. The average Bonchev–Trinajstić information content (AvgIpc) is 2.96. The molecule has 0 aromatic heterocycles. The molecule has 130 valence electrons. The van der Waals surface area contributed by atoms with Crippen LogP contribution in [0.2, 0.25) is 0 Å². The van der Waals surface area contributed by atoms with Crippen LogP contribution in [0.25, 0.3) is 0 Å². The van der Waals surface area contributed by atoms with Crippen molar-refractivity contribution in [3.8, 4) is 0 Å². The summed E-state index contributed by atoms with van der Waals surface area (Å²) in [6.45, 7) is 2.26. The van der Waals surface area contributed by atoms with Gasteiger partial charge in [-0.3, -0.25) is 9.89 Å². The van der Waals surface area contributed by atoms with Crippen LogP contribution in [-0.4, -0.2) is 55.8 Å². The number of alkyl halides is 3. The lowest BCUT2D eigenvalue weighted by molar-refractivity contribution is -0.143. The molecule has 2 N–H and O–H groups in total. The van der Waals surface area contributed by atoms with Crippen molar-refractivity contribution in [2.45, 2.75) is 50.9 Å². The number of nitrogens with one attached hydrogen (secondary N) is 2. The molecule has 1 aliphatic carbocycles. The Kier molecular flexibility index (Phi) is 7.70. The molecule has 0 aromatic rings. The molecule has 4 nitrogen and oxygen atoms in total. The number of nitrogens with zero attached hydrogens (tertiary/aromatic N) is 2. The second-order valence-electron chi connectivity index (χ2n) is 6.09. The SMILES string of the molecule is CCCC1CC1NC(=NC)NC1CCN(CC(F)(F)F)C1.I. The highest BCUT2D eigenvalue weighted by Gasteiger charge is 2.38. The standard InChI is InChI=1S/C14H25F3N4.HI/c1-3-4-10-7-12(10)20-13(18-2)19-11-5-6-21(8-11)9-14(15,16)17;/h10-12H,3-9H2,1-2H3,(H2,18,19,20);1H. The van der Waals surface area contributed by atoms with E-state index in [2.05, 4.69) is 22.5 Å². The van der Waals surface area contributed by atoms with Gasteiger partial charge in [-0.25, -0.2) is 0 Å². The zero-order valence-electron chi connectivity index (χ0n) is 13.1. The van der Waals surface area contributed by atoms with Gasteiger partial charge in [-0.1, -0.05) is 13.3 Å². The number of hydrogen-bond acceptors (Lipinski definition) is 2. The molecular formula is C14H26F3IN4. The third-order valence-corrected chi connectivity index (χ3v) is 4.14. The fraction of sp³-hybridized carbons (Fsp3) is 0.929. The van der Waals surface area contributed by atoms with Crippen LogP contribution in [0.5, 0.6) is 0 Å². The second kappa shape index (κ2) is 8.56. The van der Waals surface area contributed by atoms with Gasteiger partial charge in [-0.15, -0.1) is 24.0 Å². The summed E-state index contributed by atoms with van der Waals surface area (Å²) in [5.41, 5.74) is 0. The van der Waals surface area contributed by atoms with Crippen LogP contribution < -0.4 is 10.6 Å². The Labute approximate surface area is 147 Å². The number of aliphatic imine (C=N–C) groups is 1. The summed E-state index contributed by atoms with van der Waals surface area (Å²) in [6.07, 6.45) is 0.177. The third-order valence-electron chi connectivity index (χ3n) is 4.14. The van der Waals surface area contributed by atoms with Gasteiger partial charge >= 0.3 is 6.18 Å². The molecule has 22 heavy (non-hydrogen) atoms. The van der Waals surface area contributed by atoms with E-state index in [1.165, 1.54) is 24.2 Å². The fourth-order valence-electron chi connectivity index (χ4n) is 3.00. The molecule has 0 spiro atoms. The lowest BCUT2D eigenvalue weighted by Gasteiger charge is -2.19. The van der Waals surface area contributed by atoms with Gasteiger partial charge in [0.25, 0.3) is 0 Å². The number of halogens is 4. The van der Waals surface area contributed by atoms with Crippen LogP contribution in [-0.2, 0) is 0 Å². The predicted octanol–water partition coefficient (Wildman–Crippen LogP) is 2.59. The maximum Gasteiger partial charge on any atom is 0.401 e. The van der Waals surface area contributed by atoms with E-state index in [4.69, 9.17) is 0 Å². The van der Waals surface area contributed by atoms with Crippen LogP contribution >= 0.6 is 24.0 Å². The fourth-order valence-corrected chi connectivity index (χ4v) is 3.00. The van der Waals surface area contributed by atoms with Gasteiger partial charge in [-0.2, -0.15) is 13.2 Å². The first-order valence-corrected chi connectivity index (χ1v) is 7.70. The summed E-state index contributed by atoms with van der Waals surface area (Å²) in [5, 5.41) is 6.61. The molecule has 1 saturated carbocycles. The molecule has 3 unspecified atom stereocenters. The van der Waals surface area contributed by atoms with Crippen molar-refractivity contribution in [3.63, 3.8) is 0 Å². The molecule has 1 aliphatic heterocycles. The molecule has 0 bridgehead atoms. The van der Waals surface area contributed by atoms with Crippen LogP contribution in [0, 0.1) is 5.92 Å². The first kappa shape index (κ1) is 19.8. The summed E-state index contributed by atoms with van der Waals surface area (Å²) in [4.78, 5) is 5.63. The van der Waals surface area contributed by atoms with Crippen molar-refractivity contribution in [1.82, 2.24) is 15.5 Å². The molecular weight excluding hydrogens is 408 g/mol. The summed E-state index contributed by atoms with van der Waals surface area (Å²) < 4.78 is 37.1. The van der Waals surface area contributed by atoms with Gasteiger partial charge in [0.05, 0.1) is 6.54 Å². The molecule has 2 aliphatic rings. The van der Waals surface area contributed by atoms with Crippen molar-refractivity contribution in [2.75, 3.05) is 26.7 Å². The molecule has 0 aromatic carbocycles. The Bertz CT molecular complexity index is 376. The number of guanidine groups is 1. The summed E-state index contributed by atoms with van der Waals surface area (Å²) in [7, 11) is 1.70. The molecule has 0 amide bonds. The van der Waals surface area contributed by atoms with E-state index < -0.39 is 12.7 Å². The molecule has 2 fully saturated rings. The molecule has 8 heteroatoms. The molecule has 1 saturated heterocycles. The second-order valence-corrected chi connectivity index (χ2v) is 6.09. The number of hydrogen-bond donors (Lipinski definition) is 2. The minimum absolute atomic E-state index is 0. The quantitative estimate of drug-likeness (QED) is 0.397. The van der Waals surface area contributed by atoms with Crippen LogP contribution in [0.4, 0.5) is 13.2 Å². The Hall–Kier alpha value is -0.250. The number of likely N-dealkylation sites (tertiary alicyclic amines) is 1. The molecule has 0 radical (unpaired) electrons. The summed E-state index contributed by atoms with van der Waals surface area (Å²) in [5.74, 6) is 1.44. The monoisotopic (exact) mass is 434 g/mol. The van der Waals surface area contributed by atoms with E-state index in [0.29, 0.717) is 19.1 Å². The van der Waals surface area contributed by atoms with E-state index in [1.807, 2.05) is 0 Å². The minimum Gasteiger partial charge on any atom is -0.353 e. The summed E-state index contributed by atoms with van der Waals surface area (Å²) >= 11 is 0. The third kappa shape index (κ3) is 6.47. The predicted molar refractivity (Wildman–Crippen MR) is 92.7 cm³/mol. The molecule has 3 atom stereocenters. The van der Waals surface area contributed by atoms with Crippen LogP contribution in [0.1, 0.15) is 32.6 Å². The van der Waals surface area contributed by atoms with Crippen molar-refractivity contribution in [3.05, 3.63) is 0 Å². The van der Waals surface area contributed by atoms with E-state index in [1.54, 1.807) is 7.05 Å². The average molecular weight is 434 g/mol. The maximum atomic E-state index is 12.4. The maximum absolute atomic E-state index is 12.4. The van der Waals surface area contributed by atoms with E-state index >= 15 is 0 Å². The van der Waals surface area contributed by atoms with Crippen molar-refractivity contribution >= 4 is 29.9 Å². The first-order valence-electron chi connectivity index (χ1n) is 7.70. The van der Waals surface area contributed by atoms with E-state index in [9.17, 15) is 13.2 Å². The highest BCUT2D eigenvalue weighted by Crippen LogP contribution is 2.34. The first-order chi connectivity index (χ1) is 9.91. The van der Waals surface area contributed by atoms with Gasteiger partial charge in [0.15, 0.2) is 5.96 Å². The van der Waals surface area contributed by atoms with Gasteiger partial charge < -0.3 is 10.6 Å². The van der Waals surface area contributed by atoms with Gasteiger partial charge in [-0.05, 0) is 25.2 Å². The van der Waals surface area contributed by atoms with E-state index in [-0.39, 0.29) is 30.0 Å². The van der Waals surface area contributed by atoms with Crippen molar-refractivity contribution < 1.29 is 13.2 Å². The highest BCUT2D eigenvalue weighted by atomic mass is 127. The topological polar surface area (TPSA) is 39.7 Å². The Morgan fingerprint density at radius 2 is 2.05 bits per heavy atom. The molecule has 2 rings (SSSR count).